The standard InChI is InChI=1S/C24H28N4O3S/c1-15-14-16(2)28(27-15)18-10-8-17(9-11-18)22(29)26-24-21(23(30)25-12-13-31-3)19-6-4-5-7-20(19)32-24/h8-11,14H,4-7,12-13H2,1-3H3,(H,25,30)(H,26,29). The molecule has 7 nitrogen and oxygen atoms in total. The normalized spacial score (nSPS) is 13.0. The number of nitrogens with zero attached hydrogens (tertiary/aromatic N) is 2. The molecule has 0 atom stereocenters. The Bertz CT molecular complexity index is 1130. The molecular formula is C24H28N4O3S. The fourth-order valence-corrected chi connectivity index (χ4v) is 5.35. The maximum Gasteiger partial charge on any atom is 0.256 e. The maximum absolute atomic E-state index is 13.0. The van der Waals surface area contributed by atoms with Gasteiger partial charge in [-0.2, -0.15) is 5.10 Å². The third-order valence-electron chi connectivity index (χ3n) is 5.60. The molecule has 0 saturated carbocycles. The monoisotopic (exact) mass is 452 g/mol. The Balaban J connectivity index is 1.55. The van der Waals surface area contributed by atoms with E-state index >= 15 is 0 Å². The molecule has 2 amide bonds. The number of aromatic nitrogens is 2. The second-order valence-electron chi connectivity index (χ2n) is 8.00. The van der Waals surface area contributed by atoms with Crippen molar-refractivity contribution in [3.63, 3.8) is 0 Å². The van der Waals surface area contributed by atoms with Crippen molar-refractivity contribution in [3.8, 4) is 5.69 Å². The van der Waals surface area contributed by atoms with Crippen LogP contribution in [0.4, 0.5) is 5.00 Å². The van der Waals surface area contributed by atoms with Crippen molar-refractivity contribution in [2.75, 3.05) is 25.6 Å². The molecule has 32 heavy (non-hydrogen) atoms. The lowest BCUT2D eigenvalue weighted by Crippen LogP contribution is -2.28. The van der Waals surface area contributed by atoms with Crippen molar-refractivity contribution in [1.29, 1.82) is 0 Å². The first kappa shape index (κ1) is 22.2. The molecule has 1 aromatic carbocycles. The summed E-state index contributed by atoms with van der Waals surface area (Å²) in [5, 5.41) is 11.0. The van der Waals surface area contributed by atoms with E-state index in [0.717, 1.165) is 48.3 Å². The Hall–Kier alpha value is -2.97. The predicted molar refractivity (Wildman–Crippen MR) is 126 cm³/mol. The molecule has 2 heterocycles. The first-order valence-electron chi connectivity index (χ1n) is 10.8. The van der Waals surface area contributed by atoms with Gasteiger partial charge in [0, 0.05) is 29.8 Å². The van der Waals surface area contributed by atoms with Gasteiger partial charge in [-0.25, -0.2) is 4.68 Å². The van der Waals surface area contributed by atoms with E-state index in [4.69, 9.17) is 4.74 Å². The van der Waals surface area contributed by atoms with E-state index in [2.05, 4.69) is 15.7 Å². The summed E-state index contributed by atoms with van der Waals surface area (Å²) in [6.45, 7) is 4.83. The number of hydrogen-bond acceptors (Lipinski definition) is 5. The molecule has 1 aliphatic rings. The lowest BCUT2D eigenvalue weighted by Gasteiger charge is -2.13. The van der Waals surface area contributed by atoms with E-state index in [1.807, 2.05) is 36.7 Å². The average Bonchev–Trinajstić information content (AvgIpc) is 3.32. The zero-order valence-corrected chi connectivity index (χ0v) is 19.5. The Labute approximate surface area is 191 Å². The molecule has 0 fully saturated rings. The van der Waals surface area contributed by atoms with Crippen molar-refractivity contribution in [2.45, 2.75) is 39.5 Å². The van der Waals surface area contributed by atoms with Gasteiger partial charge in [0.05, 0.1) is 23.6 Å². The van der Waals surface area contributed by atoms with Crippen LogP contribution in [0.25, 0.3) is 5.69 Å². The number of amides is 2. The number of methoxy groups -OCH3 is 1. The molecule has 0 radical (unpaired) electrons. The van der Waals surface area contributed by atoms with E-state index in [0.29, 0.717) is 29.3 Å². The van der Waals surface area contributed by atoms with E-state index in [1.54, 1.807) is 19.2 Å². The summed E-state index contributed by atoms with van der Waals surface area (Å²) in [7, 11) is 1.60. The summed E-state index contributed by atoms with van der Waals surface area (Å²) in [4.78, 5) is 27.1. The number of thiophene rings is 1. The smallest absolute Gasteiger partial charge is 0.256 e. The Morgan fingerprint density at radius 3 is 2.56 bits per heavy atom. The zero-order valence-electron chi connectivity index (χ0n) is 18.7. The van der Waals surface area contributed by atoms with Gasteiger partial charge in [0.2, 0.25) is 0 Å². The van der Waals surface area contributed by atoms with Gasteiger partial charge in [0.25, 0.3) is 11.8 Å². The van der Waals surface area contributed by atoms with Crippen molar-refractivity contribution >= 4 is 28.2 Å². The first-order chi connectivity index (χ1) is 15.5. The van der Waals surface area contributed by atoms with Crippen LogP contribution in [-0.4, -0.2) is 41.9 Å². The molecule has 3 aromatic rings. The molecule has 0 aliphatic heterocycles. The number of anilines is 1. The van der Waals surface area contributed by atoms with Crippen LogP contribution < -0.4 is 10.6 Å². The van der Waals surface area contributed by atoms with Gasteiger partial charge < -0.3 is 15.4 Å². The number of benzene rings is 1. The molecule has 2 aromatic heterocycles. The van der Waals surface area contributed by atoms with Crippen LogP contribution in [0.3, 0.4) is 0 Å². The van der Waals surface area contributed by atoms with Crippen LogP contribution in [0.1, 0.15) is 55.4 Å². The lowest BCUT2D eigenvalue weighted by molar-refractivity contribution is 0.0937. The van der Waals surface area contributed by atoms with Crippen LogP contribution in [-0.2, 0) is 17.6 Å². The minimum atomic E-state index is -0.227. The van der Waals surface area contributed by atoms with Crippen LogP contribution in [0.2, 0.25) is 0 Å². The van der Waals surface area contributed by atoms with Gasteiger partial charge in [-0.15, -0.1) is 11.3 Å². The number of rotatable bonds is 7. The van der Waals surface area contributed by atoms with Gasteiger partial charge in [-0.1, -0.05) is 0 Å². The lowest BCUT2D eigenvalue weighted by atomic mass is 9.95. The molecule has 0 unspecified atom stereocenters. The van der Waals surface area contributed by atoms with Crippen LogP contribution in [0, 0.1) is 13.8 Å². The van der Waals surface area contributed by atoms with Crippen molar-refractivity contribution in [3.05, 3.63) is 63.3 Å². The summed E-state index contributed by atoms with van der Waals surface area (Å²) in [5.41, 5.74) is 5.10. The van der Waals surface area contributed by atoms with Crippen LogP contribution >= 0.6 is 11.3 Å². The zero-order chi connectivity index (χ0) is 22.7. The highest BCUT2D eigenvalue weighted by Crippen LogP contribution is 2.38. The number of fused-ring (bicyclic) bond motifs is 1. The highest BCUT2D eigenvalue weighted by molar-refractivity contribution is 7.17. The summed E-state index contributed by atoms with van der Waals surface area (Å²) in [5.74, 6) is -0.383. The summed E-state index contributed by atoms with van der Waals surface area (Å²) in [6.07, 6.45) is 3.99. The van der Waals surface area contributed by atoms with Gasteiger partial charge in [-0.05, 0) is 75.4 Å². The fourth-order valence-electron chi connectivity index (χ4n) is 4.07. The second kappa shape index (κ2) is 9.67. The average molecular weight is 453 g/mol. The van der Waals surface area contributed by atoms with Crippen molar-refractivity contribution < 1.29 is 14.3 Å². The summed E-state index contributed by atoms with van der Waals surface area (Å²) in [6, 6.07) is 9.34. The van der Waals surface area contributed by atoms with Gasteiger partial charge >= 0.3 is 0 Å². The molecule has 4 rings (SSSR count). The highest BCUT2D eigenvalue weighted by Gasteiger charge is 2.26. The number of aryl methyl sites for hydroxylation is 3. The molecular weight excluding hydrogens is 424 g/mol. The molecule has 0 bridgehead atoms. The molecule has 1 aliphatic carbocycles. The third kappa shape index (κ3) is 4.61. The SMILES string of the molecule is COCCNC(=O)c1c(NC(=O)c2ccc(-n3nc(C)cc3C)cc2)sc2c1CCCC2. The fraction of sp³-hybridized carbons (Fsp3) is 0.375. The minimum absolute atomic E-state index is 0.156. The highest BCUT2D eigenvalue weighted by atomic mass is 32.1. The molecule has 0 spiro atoms. The van der Waals surface area contributed by atoms with Crippen LogP contribution in [0.15, 0.2) is 30.3 Å². The Kier molecular flexibility index (Phi) is 6.72. The Morgan fingerprint density at radius 1 is 1.12 bits per heavy atom. The maximum atomic E-state index is 13.0. The van der Waals surface area contributed by atoms with Crippen molar-refractivity contribution in [1.82, 2.24) is 15.1 Å². The number of ether oxygens (including phenoxy) is 1. The van der Waals surface area contributed by atoms with Crippen LogP contribution in [0.5, 0.6) is 0 Å². The largest absolute Gasteiger partial charge is 0.383 e. The van der Waals surface area contributed by atoms with E-state index < -0.39 is 0 Å². The molecule has 2 N–H and O–H groups in total. The Morgan fingerprint density at radius 2 is 1.88 bits per heavy atom. The molecule has 8 heteroatoms. The molecule has 0 saturated heterocycles. The number of hydrogen-bond donors (Lipinski definition) is 2. The first-order valence-corrected chi connectivity index (χ1v) is 11.7. The predicted octanol–water partition coefficient (Wildman–Crippen LogP) is 4.06. The second-order valence-corrected chi connectivity index (χ2v) is 9.11. The quantitative estimate of drug-likeness (QED) is 0.530. The summed E-state index contributed by atoms with van der Waals surface area (Å²) < 4.78 is 6.89. The number of nitrogens with one attached hydrogen (secondary N) is 2. The number of carbonyl (C=O) groups is 2. The van der Waals surface area contributed by atoms with Gasteiger partial charge in [0.15, 0.2) is 0 Å². The van der Waals surface area contributed by atoms with Gasteiger partial charge in [0.1, 0.15) is 5.00 Å². The summed E-state index contributed by atoms with van der Waals surface area (Å²) >= 11 is 1.52. The van der Waals surface area contributed by atoms with E-state index in [-0.39, 0.29) is 11.8 Å². The van der Waals surface area contributed by atoms with E-state index in [1.165, 1.54) is 16.2 Å². The topological polar surface area (TPSA) is 85.3 Å². The van der Waals surface area contributed by atoms with Gasteiger partial charge in [-0.3, -0.25) is 9.59 Å². The number of carbonyl (C=O) groups excluding carboxylic acids is 2. The minimum Gasteiger partial charge on any atom is -0.383 e. The van der Waals surface area contributed by atoms with Crippen molar-refractivity contribution in [2.24, 2.45) is 0 Å². The van der Waals surface area contributed by atoms with E-state index in [9.17, 15) is 9.59 Å². The molecule has 168 valence electrons. The third-order valence-corrected chi connectivity index (χ3v) is 6.81.